The summed E-state index contributed by atoms with van der Waals surface area (Å²) in [4.78, 5) is 23.9. The second-order valence-electron chi connectivity index (χ2n) is 13.9. The highest BCUT2D eigenvalue weighted by atomic mass is 16.6. The quantitative estimate of drug-likeness (QED) is 0.379. The molecule has 0 saturated heterocycles. The van der Waals surface area contributed by atoms with Crippen LogP contribution in [0.25, 0.3) is 0 Å². The molecule has 37 heavy (non-hydrogen) atoms. The maximum atomic E-state index is 12.2. The second-order valence-corrected chi connectivity index (χ2v) is 13.9. The Morgan fingerprint density at radius 2 is 1.70 bits per heavy atom. The summed E-state index contributed by atoms with van der Waals surface area (Å²) in [6.45, 7) is 16.2. The van der Waals surface area contributed by atoms with Gasteiger partial charge in [0.25, 0.3) is 0 Å². The van der Waals surface area contributed by atoms with Gasteiger partial charge in [-0.3, -0.25) is 9.59 Å². The maximum absolute atomic E-state index is 12.2. The van der Waals surface area contributed by atoms with Gasteiger partial charge >= 0.3 is 11.9 Å². The molecular weight excluding hydrogens is 464 g/mol. The van der Waals surface area contributed by atoms with Crippen molar-refractivity contribution in [2.45, 2.75) is 125 Å². The minimum absolute atomic E-state index is 0.243. The molecule has 0 unspecified atom stereocenters. The Balaban J connectivity index is 1.58. The maximum Gasteiger partial charge on any atom is 0.302 e. The van der Waals surface area contributed by atoms with Crippen LogP contribution in [-0.4, -0.2) is 34.9 Å². The van der Waals surface area contributed by atoms with Gasteiger partial charge in [0.1, 0.15) is 12.2 Å². The Bertz CT molecular complexity index is 957. The van der Waals surface area contributed by atoms with Crippen molar-refractivity contribution in [2.75, 3.05) is 0 Å². The molecule has 0 radical (unpaired) electrons. The van der Waals surface area contributed by atoms with Crippen molar-refractivity contribution in [1.29, 1.82) is 0 Å². The van der Waals surface area contributed by atoms with E-state index >= 15 is 0 Å². The lowest BCUT2D eigenvalue weighted by Crippen LogP contribution is -2.54. The number of allylic oxidation sites excluding steroid dienone is 3. The number of esters is 2. The molecule has 1 N–H and O–H groups in total. The number of fused-ring (bicyclic) bond motifs is 5. The van der Waals surface area contributed by atoms with Gasteiger partial charge in [-0.2, -0.15) is 0 Å². The lowest BCUT2D eigenvalue weighted by Gasteiger charge is -2.57. The molecule has 0 heterocycles. The van der Waals surface area contributed by atoms with Gasteiger partial charge in [0, 0.05) is 32.1 Å². The Labute approximate surface area is 224 Å². The van der Waals surface area contributed by atoms with Gasteiger partial charge in [-0.25, -0.2) is 0 Å². The number of hydrogen-bond donors (Lipinski definition) is 1. The number of hydrogen-bond acceptors (Lipinski definition) is 5. The van der Waals surface area contributed by atoms with E-state index in [1.54, 1.807) is 5.57 Å². The average molecular weight is 515 g/mol. The van der Waals surface area contributed by atoms with Crippen LogP contribution in [0.15, 0.2) is 23.3 Å². The van der Waals surface area contributed by atoms with Crippen LogP contribution in [0.5, 0.6) is 0 Å². The third kappa shape index (κ3) is 5.18. The SMILES string of the molecule is CC(=O)O[C@@H]1CC2=CC=C3[C@@H]4CC[C@H]([C@H](C)CC[C@H](C)C(C)(C)O)[C@@]4(C)CC[C@@H]3[C@@]2(C)[C@@H](OC(C)=O)C1. The molecule has 0 bridgehead atoms. The lowest BCUT2D eigenvalue weighted by molar-refractivity contribution is -0.165. The zero-order valence-electron chi connectivity index (χ0n) is 24.4. The predicted molar refractivity (Wildman–Crippen MR) is 146 cm³/mol. The van der Waals surface area contributed by atoms with E-state index < -0.39 is 5.60 Å². The number of ether oxygens (including phenoxy) is 2. The molecule has 0 amide bonds. The average Bonchev–Trinajstić information content (AvgIpc) is 3.14. The van der Waals surface area contributed by atoms with Crippen LogP contribution in [0, 0.1) is 40.4 Å². The minimum atomic E-state index is -0.626. The lowest BCUT2D eigenvalue weighted by atomic mass is 9.49. The summed E-state index contributed by atoms with van der Waals surface area (Å²) in [6.07, 6.45) is 12.4. The molecule has 3 saturated carbocycles. The number of carbonyl (C=O) groups is 2. The summed E-state index contributed by atoms with van der Waals surface area (Å²) >= 11 is 0. The molecule has 0 aromatic heterocycles. The Kier molecular flexibility index (Phi) is 7.80. The number of rotatable bonds is 7. The minimum Gasteiger partial charge on any atom is -0.462 e. The summed E-state index contributed by atoms with van der Waals surface area (Å²) in [7, 11) is 0. The molecule has 0 aromatic carbocycles. The molecule has 3 fully saturated rings. The fourth-order valence-corrected chi connectivity index (χ4v) is 8.74. The fraction of sp³-hybridized carbons (Fsp3) is 0.812. The van der Waals surface area contributed by atoms with Crippen molar-refractivity contribution >= 4 is 11.9 Å². The smallest absolute Gasteiger partial charge is 0.302 e. The Morgan fingerprint density at radius 3 is 2.32 bits per heavy atom. The second kappa shape index (κ2) is 10.2. The van der Waals surface area contributed by atoms with E-state index in [9.17, 15) is 14.7 Å². The summed E-state index contributed by atoms with van der Waals surface area (Å²) in [5.74, 6) is 1.99. The van der Waals surface area contributed by atoms with Crippen LogP contribution in [0.3, 0.4) is 0 Å². The normalized spacial score (nSPS) is 38.8. The van der Waals surface area contributed by atoms with Gasteiger partial charge in [0.15, 0.2) is 0 Å². The molecule has 0 aliphatic heterocycles. The van der Waals surface area contributed by atoms with E-state index in [2.05, 4.69) is 39.8 Å². The van der Waals surface area contributed by atoms with Gasteiger partial charge in [0.05, 0.1) is 5.60 Å². The molecule has 5 nitrogen and oxygen atoms in total. The Hall–Kier alpha value is -1.62. The first-order chi connectivity index (χ1) is 17.2. The van der Waals surface area contributed by atoms with Gasteiger partial charge in [-0.1, -0.05) is 57.4 Å². The van der Waals surface area contributed by atoms with Crippen molar-refractivity contribution in [3.63, 3.8) is 0 Å². The highest BCUT2D eigenvalue weighted by molar-refractivity contribution is 5.67. The van der Waals surface area contributed by atoms with Crippen LogP contribution >= 0.6 is 0 Å². The van der Waals surface area contributed by atoms with Crippen LogP contribution in [0.4, 0.5) is 0 Å². The van der Waals surface area contributed by atoms with Crippen molar-refractivity contribution in [1.82, 2.24) is 0 Å². The Morgan fingerprint density at radius 1 is 1.03 bits per heavy atom. The van der Waals surface area contributed by atoms with Gasteiger partial charge < -0.3 is 14.6 Å². The first-order valence-corrected chi connectivity index (χ1v) is 14.7. The third-order valence-corrected chi connectivity index (χ3v) is 11.3. The van der Waals surface area contributed by atoms with E-state index in [1.165, 1.54) is 38.7 Å². The molecule has 9 atom stereocenters. The van der Waals surface area contributed by atoms with Gasteiger partial charge in [0.2, 0.25) is 0 Å². The van der Waals surface area contributed by atoms with Gasteiger partial charge in [-0.15, -0.1) is 0 Å². The van der Waals surface area contributed by atoms with Crippen molar-refractivity contribution in [3.8, 4) is 0 Å². The molecule has 4 aliphatic carbocycles. The molecule has 5 heteroatoms. The monoisotopic (exact) mass is 514 g/mol. The van der Waals surface area contributed by atoms with Crippen LogP contribution in [-0.2, 0) is 19.1 Å². The van der Waals surface area contributed by atoms with E-state index in [0.717, 1.165) is 25.7 Å². The molecule has 208 valence electrons. The molecular formula is C32H50O5. The summed E-state index contributed by atoms with van der Waals surface area (Å²) in [5, 5.41) is 10.4. The first kappa shape index (κ1) is 28.4. The van der Waals surface area contributed by atoms with Crippen LogP contribution in [0.2, 0.25) is 0 Å². The molecule has 4 rings (SSSR count). The highest BCUT2D eigenvalue weighted by Gasteiger charge is 2.60. The van der Waals surface area contributed by atoms with E-state index in [0.29, 0.717) is 36.0 Å². The first-order valence-electron chi connectivity index (χ1n) is 14.7. The van der Waals surface area contributed by atoms with Crippen LogP contribution in [0.1, 0.15) is 107 Å². The topological polar surface area (TPSA) is 72.8 Å². The fourth-order valence-electron chi connectivity index (χ4n) is 8.74. The van der Waals surface area contributed by atoms with Crippen LogP contribution < -0.4 is 0 Å². The third-order valence-electron chi connectivity index (χ3n) is 11.3. The summed E-state index contributed by atoms with van der Waals surface area (Å²) in [5.41, 5.74) is 2.23. The number of carbonyl (C=O) groups excluding carboxylic acids is 2. The zero-order valence-corrected chi connectivity index (χ0v) is 24.4. The molecule has 4 aliphatic rings. The van der Waals surface area contributed by atoms with E-state index in [4.69, 9.17) is 9.47 Å². The van der Waals surface area contributed by atoms with Crippen molar-refractivity contribution < 1.29 is 24.2 Å². The predicted octanol–water partition coefficient (Wildman–Crippen LogP) is 6.78. The molecule has 0 aromatic rings. The van der Waals surface area contributed by atoms with Crippen molar-refractivity contribution in [3.05, 3.63) is 23.3 Å². The number of aliphatic hydroxyl groups is 1. The molecule has 0 spiro atoms. The van der Waals surface area contributed by atoms with E-state index in [1.807, 2.05) is 13.8 Å². The van der Waals surface area contributed by atoms with Crippen molar-refractivity contribution in [2.24, 2.45) is 40.4 Å². The summed E-state index contributed by atoms with van der Waals surface area (Å²) < 4.78 is 11.6. The van der Waals surface area contributed by atoms with Gasteiger partial charge in [-0.05, 0) is 81.0 Å². The largest absolute Gasteiger partial charge is 0.462 e. The van der Waals surface area contributed by atoms with E-state index in [-0.39, 0.29) is 35.0 Å². The summed E-state index contributed by atoms with van der Waals surface area (Å²) in [6, 6.07) is 0. The highest BCUT2D eigenvalue weighted by Crippen LogP contribution is 2.66. The zero-order chi connectivity index (χ0) is 27.3. The standard InChI is InChI=1S/C32H50O5/c1-19(9-10-20(2)30(5,6)35)26-13-14-27-25-12-11-23-17-24(36-21(3)33)18-29(37-22(4)34)32(23,8)28(25)15-16-31(26,27)7/h11-12,19-20,24,26-29,35H,9-10,13-18H2,1-8H3/t19-,20+,24-,26-,27+,28+,29+,31-,32+/m1/s1.